The topological polar surface area (TPSA) is 47.8 Å². The molecule has 0 saturated heterocycles. The third kappa shape index (κ3) is 4.48. The lowest BCUT2D eigenvalue weighted by atomic mass is 10.0. The molecule has 140 valence electrons. The second-order valence-electron chi connectivity index (χ2n) is 6.75. The van der Waals surface area contributed by atoms with Crippen molar-refractivity contribution in [2.75, 3.05) is 0 Å². The van der Waals surface area contributed by atoms with Gasteiger partial charge in [0.05, 0.1) is 5.25 Å². The Balaban J connectivity index is 1.79. The lowest BCUT2D eigenvalue weighted by Gasteiger charge is -2.13. The molecular weight excluding hydrogens is 354 g/mol. The summed E-state index contributed by atoms with van der Waals surface area (Å²) in [6.07, 6.45) is 0.738. The Bertz CT molecular complexity index is 934. The molecule has 0 bridgehead atoms. The number of Topliss-reactive ketones (excluding diaryl/α,β-unsaturated/α-hetero) is 1. The third-order valence-corrected chi connectivity index (χ3v) is 5.71. The predicted molar refractivity (Wildman–Crippen MR) is 111 cm³/mol. The zero-order valence-corrected chi connectivity index (χ0v) is 17.1. The molecule has 5 heteroatoms. The van der Waals surface area contributed by atoms with Crippen LogP contribution < -0.4 is 0 Å². The van der Waals surface area contributed by atoms with E-state index in [9.17, 15) is 4.79 Å². The number of nitrogens with zero attached hydrogens (tertiary/aromatic N) is 3. The Kier molecular flexibility index (Phi) is 6.11. The third-order valence-electron chi connectivity index (χ3n) is 4.62. The molecule has 0 spiro atoms. The normalized spacial score (nSPS) is 12.1. The number of carbonyl (C=O) groups excluding carboxylic acids is 1. The first kappa shape index (κ1) is 19.4. The molecule has 3 rings (SSSR count). The van der Waals surface area contributed by atoms with Gasteiger partial charge in [-0.1, -0.05) is 59.8 Å². The van der Waals surface area contributed by atoms with Gasteiger partial charge in [0.1, 0.15) is 5.82 Å². The van der Waals surface area contributed by atoms with E-state index in [1.807, 2.05) is 57.2 Å². The first-order valence-corrected chi connectivity index (χ1v) is 10.1. The van der Waals surface area contributed by atoms with E-state index in [-0.39, 0.29) is 11.0 Å². The molecule has 27 heavy (non-hydrogen) atoms. The van der Waals surface area contributed by atoms with Crippen LogP contribution in [0.15, 0.2) is 53.7 Å². The molecule has 0 aliphatic rings. The van der Waals surface area contributed by atoms with Gasteiger partial charge >= 0.3 is 0 Å². The standard InChI is InChI=1S/C22H25N3OS/c1-5-25-20(14-18-9-7-6-8-10-18)23-24-22(25)27-17(4)21(26)19-13-15(2)11-12-16(19)3/h6-13,17H,5,14H2,1-4H3/t17-/m0/s1. The molecular formula is C22H25N3OS. The van der Waals surface area contributed by atoms with Gasteiger partial charge in [-0.3, -0.25) is 4.79 Å². The van der Waals surface area contributed by atoms with Crippen molar-refractivity contribution in [2.45, 2.75) is 51.1 Å². The molecule has 3 aromatic rings. The monoisotopic (exact) mass is 379 g/mol. The fourth-order valence-corrected chi connectivity index (χ4v) is 4.06. The molecule has 1 aromatic heterocycles. The molecule has 1 atom stereocenters. The van der Waals surface area contributed by atoms with Crippen LogP contribution >= 0.6 is 11.8 Å². The quantitative estimate of drug-likeness (QED) is 0.434. The number of ketones is 1. The van der Waals surface area contributed by atoms with Crippen LogP contribution in [0.2, 0.25) is 0 Å². The summed E-state index contributed by atoms with van der Waals surface area (Å²) in [5, 5.41) is 9.33. The number of carbonyl (C=O) groups is 1. The maximum atomic E-state index is 12.9. The highest BCUT2D eigenvalue weighted by atomic mass is 32.2. The predicted octanol–water partition coefficient (Wildman–Crippen LogP) is 4.87. The van der Waals surface area contributed by atoms with Crippen molar-refractivity contribution < 1.29 is 4.79 Å². The molecule has 2 aromatic carbocycles. The van der Waals surface area contributed by atoms with E-state index in [2.05, 4.69) is 33.8 Å². The van der Waals surface area contributed by atoms with Gasteiger partial charge in [-0.05, 0) is 44.9 Å². The van der Waals surface area contributed by atoms with E-state index in [0.717, 1.165) is 40.6 Å². The number of hydrogen-bond acceptors (Lipinski definition) is 4. The fraction of sp³-hybridized carbons (Fsp3) is 0.318. The van der Waals surface area contributed by atoms with Crippen LogP contribution in [-0.4, -0.2) is 25.8 Å². The Hall–Kier alpha value is -2.40. The maximum absolute atomic E-state index is 12.9. The van der Waals surface area contributed by atoms with Crippen molar-refractivity contribution in [1.29, 1.82) is 0 Å². The highest BCUT2D eigenvalue weighted by Gasteiger charge is 2.22. The van der Waals surface area contributed by atoms with E-state index < -0.39 is 0 Å². The lowest BCUT2D eigenvalue weighted by molar-refractivity contribution is 0.0993. The number of rotatable bonds is 7. The first-order chi connectivity index (χ1) is 13.0. The van der Waals surface area contributed by atoms with Crippen molar-refractivity contribution in [2.24, 2.45) is 0 Å². The van der Waals surface area contributed by atoms with Crippen molar-refractivity contribution in [3.8, 4) is 0 Å². The number of hydrogen-bond donors (Lipinski definition) is 0. The minimum absolute atomic E-state index is 0.136. The molecule has 0 aliphatic carbocycles. The fourth-order valence-electron chi connectivity index (χ4n) is 3.06. The highest BCUT2D eigenvalue weighted by molar-refractivity contribution is 8.00. The van der Waals surface area contributed by atoms with Gasteiger partial charge in [0.15, 0.2) is 10.9 Å². The summed E-state index contributed by atoms with van der Waals surface area (Å²) >= 11 is 1.48. The molecule has 0 radical (unpaired) electrons. The zero-order valence-electron chi connectivity index (χ0n) is 16.3. The van der Waals surface area contributed by atoms with E-state index in [1.165, 1.54) is 17.3 Å². The zero-order chi connectivity index (χ0) is 19.4. The molecule has 0 unspecified atom stereocenters. The summed E-state index contributed by atoms with van der Waals surface area (Å²) in [5.41, 5.74) is 4.11. The van der Waals surface area contributed by atoms with Gasteiger partial charge in [-0.25, -0.2) is 0 Å². The van der Waals surface area contributed by atoms with Gasteiger partial charge in [0.25, 0.3) is 0 Å². The molecule has 0 aliphatic heterocycles. The molecule has 0 saturated carbocycles. The SMILES string of the molecule is CCn1c(Cc2ccccc2)nnc1S[C@@H](C)C(=O)c1cc(C)ccc1C. The average molecular weight is 380 g/mol. The van der Waals surface area contributed by atoms with Crippen molar-refractivity contribution in [3.63, 3.8) is 0 Å². The molecule has 0 fully saturated rings. The number of benzene rings is 2. The van der Waals surface area contributed by atoms with Gasteiger partial charge in [0, 0.05) is 18.5 Å². The van der Waals surface area contributed by atoms with Crippen LogP contribution in [0.1, 0.15) is 46.7 Å². The van der Waals surface area contributed by atoms with Crippen molar-refractivity contribution >= 4 is 17.5 Å². The summed E-state index contributed by atoms with van der Waals surface area (Å²) in [6, 6.07) is 16.3. The second kappa shape index (κ2) is 8.53. The number of aryl methyl sites for hydroxylation is 2. The van der Waals surface area contributed by atoms with Crippen molar-refractivity contribution in [3.05, 3.63) is 76.6 Å². The number of aromatic nitrogens is 3. The summed E-state index contributed by atoms with van der Waals surface area (Å²) < 4.78 is 2.10. The van der Waals surface area contributed by atoms with Crippen LogP contribution in [0.3, 0.4) is 0 Å². The minimum Gasteiger partial charge on any atom is -0.306 e. The van der Waals surface area contributed by atoms with Crippen molar-refractivity contribution in [1.82, 2.24) is 14.8 Å². The Morgan fingerprint density at radius 3 is 2.56 bits per heavy atom. The van der Waals surface area contributed by atoms with Gasteiger partial charge in [0.2, 0.25) is 0 Å². The molecule has 0 N–H and O–H groups in total. The summed E-state index contributed by atoms with van der Waals surface area (Å²) in [6.45, 7) is 8.80. The average Bonchev–Trinajstić information content (AvgIpc) is 3.05. The van der Waals surface area contributed by atoms with E-state index >= 15 is 0 Å². The minimum atomic E-state index is -0.218. The number of thioether (sulfide) groups is 1. The Morgan fingerprint density at radius 1 is 1.11 bits per heavy atom. The second-order valence-corrected chi connectivity index (χ2v) is 8.06. The lowest BCUT2D eigenvalue weighted by Crippen LogP contribution is -2.16. The summed E-state index contributed by atoms with van der Waals surface area (Å²) in [4.78, 5) is 12.9. The molecule has 0 amide bonds. The van der Waals surface area contributed by atoms with Gasteiger partial charge < -0.3 is 4.57 Å². The summed E-state index contributed by atoms with van der Waals surface area (Å²) in [5.74, 6) is 1.06. The van der Waals surface area contributed by atoms with Gasteiger partial charge in [-0.15, -0.1) is 10.2 Å². The Morgan fingerprint density at radius 2 is 1.85 bits per heavy atom. The molecule has 4 nitrogen and oxygen atoms in total. The summed E-state index contributed by atoms with van der Waals surface area (Å²) in [7, 11) is 0. The molecule has 1 heterocycles. The first-order valence-electron chi connectivity index (χ1n) is 9.23. The van der Waals surface area contributed by atoms with E-state index in [0.29, 0.717) is 0 Å². The largest absolute Gasteiger partial charge is 0.306 e. The van der Waals surface area contributed by atoms with E-state index in [1.54, 1.807) is 0 Å². The van der Waals surface area contributed by atoms with Crippen LogP contribution in [0.5, 0.6) is 0 Å². The van der Waals surface area contributed by atoms with Crippen LogP contribution in [0.25, 0.3) is 0 Å². The highest BCUT2D eigenvalue weighted by Crippen LogP contribution is 2.27. The van der Waals surface area contributed by atoms with E-state index in [4.69, 9.17) is 0 Å². The van der Waals surface area contributed by atoms with Crippen LogP contribution in [0, 0.1) is 13.8 Å². The smallest absolute Gasteiger partial charge is 0.191 e. The maximum Gasteiger partial charge on any atom is 0.191 e. The Labute approximate surface area is 165 Å². The van der Waals surface area contributed by atoms with Crippen LogP contribution in [0.4, 0.5) is 0 Å². The van der Waals surface area contributed by atoms with Gasteiger partial charge in [-0.2, -0.15) is 0 Å². The van der Waals surface area contributed by atoms with Crippen LogP contribution in [-0.2, 0) is 13.0 Å².